The largest absolute Gasteiger partial charge is 0.362 e. The monoisotopic (exact) mass is 454 g/mol. The van der Waals surface area contributed by atoms with Crippen molar-refractivity contribution in [2.24, 2.45) is 11.8 Å². The van der Waals surface area contributed by atoms with Crippen LogP contribution < -0.4 is 10.2 Å². The first-order valence-electron chi connectivity index (χ1n) is 11.8. The fourth-order valence-corrected chi connectivity index (χ4v) is 4.28. The topological polar surface area (TPSA) is 41.1 Å². The van der Waals surface area contributed by atoms with Crippen LogP contribution >= 0.6 is 0 Å². The van der Waals surface area contributed by atoms with Crippen molar-refractivity contribution in [1.82, 2.24) is 15.3 Å². The molecule has 3 aromatic rings. The van der Waals surface area contributed by atoms with Gasteiger partial charge in [-0.05, 0) is 62.8 Å². The van der Waals surface area contributed by atoms with Gasteiger partial charge in [-0.3, -0.25) is 0 Å². The van der Waals surface area contributed by atoms with Gasteiger partial charge in [0.1, 0.15) is 11.6 Å². The smallest absolute Gasteiger partial charge is 0.163 e. The van der Waals surface area contributed by atoms with Crippen molar-refractivity contribution in [3.05, 3.63) is 65.0 Å². The van der Waals surface area contributed by atoms with Crippen molar-refractivity contribution in [2.75, 3.05) is 25.5 Å². The van der Waals surface area contributed by atoms with E-state index in [0.717, 1.165) is 35.0 Å². The molecule has 0 atom stereocenters. The molecule has 33 heavy (non-hydrogen) atoms. The maximum absolute atomic E-state index is 13.7. The van der Waals surface area contributed by atoms with Crippen LogP contribution in [0.5, 0.6) is 0 Å². The van der Waals surface area contributed by atoms with E-state index >= 15 is 0 Å². The number of nitrogens with zero attached hydrogens (tertiary/aromatic N) is 3. The minimum atomic E-state index is -0.717. The second-order valence-corrected chi connectivity index (χ2v) is 9.43. The van der Waals surface area contributed by atoms with E-state index in [-0.39, 0.29) is 0 Å². The molecule has 0 aliphatic heterocycles. The third kappa shape index (κ3) is 6.70. The quantitative estimate of drug-likeness (QED) is 0.499. The number of hydrogen-bond donors (Lipinski definition) is 1. The number of aromatic nitrogens is 2. The van der Waals surface area contributed by atoms with Gasteiger partial charge in [-0.2, -0.15) is 0 Å². The average Bonchev–Trinajstić information content (AvgIpc) is 2.80. The maximum atomic E-state index is 13.7. The van der Waals surface area contributed by atoms with Crippen LogP contribution in [-0.4, -0.2) is 30.6 Å². The molecule has 0 bridgehead atoms. The highest BCUT2D eigenvalue weighted by molar-refractivity contribution is 5.89. The lowest BCUT2D eigenvalue weighted by Gasteiger charge is -2.26. The molecule has 1 fully saturated rings. The number of para-hydroxylation sites is 1. The molecule has 4 rings (SSSR count). The molecule has 0 spiro atoms. The second kappa shape index (κ2) is 11.5. The molecular formula is C27H36F2N4. The molecule has 6 heteroatoms. The van der Waals surface area contributed by atoms with Gasteiger partial charge in [-0.15, -0.1) is 0 Å². The number of halogens is 2. The normalized spacial score (nSPS) is 18.0. The zero-order valence-corrected chi connectivity index (χ0v) is 20.5. The summed E-state index contributed by atoms with van der Waals surface area (Å²) in [6, 6.07) is 11.4. The van der Waals surface area contributed by atoms with E-state index in [9.17, 15) is 8.78 Å². The Morgan fingerprint density at radius 1 is 0.939 bits per heavy atom. The zero-order valence-electron chi connectivity index (χ0n) is 20.5. The van der Waals surface area contributed by atoms with Crippen LogP contribution in [0.1, 0.15) is 49.6 Å². The van der Waals surface area contributed by atoms with Gasteiger partial charge < -0.3 is 10.2 Å². The highest BCUT2D eigenvalue weighted by Crippen LogP contribution is 2.28. The van der Waals surface area contributed by atoms with Crippen molar-refractivity contribution in [1.29, 1.82) is 0 Å². The molecule has 1 saturated carbocycles. The molecule has 1 aliphatic carbocycles. The summed E-state index contributed by atoms with van der Waals surface area (Å²) < 4.78 is 27.1. The third-order valence-electron chi connectivity index (χ3n) is 6.36. The Hall–Kier alpha value is -2.60. The standard InChI is InChI=1S/C16H23F2N.C11H13N3/c1-11-3-6-13(7-4-11)9-19-10-14-8-5-12(2)15(17)16(14)18;1-8-12-10-7-5-4-6-9(10)11(13-8)14(2)3/h5,8,11,13,19H,3-4,6-7,9-10H2,1-2H3;4-7H,1-3H3. The Morgan fingerprint density at radius 2 is 1.64 bits per heavy atom. The maximum Gasteiger partial charge on any atom is 0.163 e. The van der Waals surface area contributed by atoms with Crippen LogP contribution in [0.3, 0.4) is 0 Å². The van der Waals surface area contributed by atoms with Crippen LogP contribution in [0, 0.1) is 37.3 Å². The van der Waals surface area contributed by atoms with Crippen LogP contribution in [0.2, 0.25) is 0 Å². The van der Waals surface area contributed by atoms with Crippen molar-refractivity contribution in [3.8, 4) is 0 Å². The van der Waals surface area contributed by atoms with Crippen molar-refractivity contribution >= 4 is 16.7 Å². The number of rotatable bonds is 5. The van der Waals surface area contributed by atoms with Gasteiger partial charge in [0.05, 0.1) is 5.52 Å². The fourth-order valence-electron chi connectivity index (χ4n) is 4.28. The van der Waals surface area contributed by atoms with Gasteiger partial charge in [0.25, 0.3) is 0 Å². The lowest BCUT2D eigenvalue weighted by Crippen LogP contribution is -2.26. The summed E-state index contributed by atoms with van der Waals surface area (Å²) in [5.74, 6) is 1.91. The van der Waals surface area contributed by atoms with Crippen LogP contribution in [0.15, 0.2) is 36.4 Å². The lowest BCUT2D eigenvalue weighted by atomic mass is 9.83. The summed E-state index contributed by atoms with van der Waals surface area (Å²) in [4.78, 5) is 10.8. The molecule has 0 radical (unpaired) electrons. The van der Waals surface area contributed by atoms with E-state index in [1.165, 1.54) is 25.7 Å². The summed E-state index contributed by atoms with van der Waals surface area (Å²) >= 11 is 0. The third-order valence-corrected chi connectivity index (χ3v) is 6.36. The van der Waals surface area contributed by atoms with Crippen molar-refractivity contribution in [3.63, 3.8) is 0 Å². The van der Waals surface area contributed by atoms with E-state index < -0.39 is 11.6 Å². The SMILES string of the molecule is Cc1ccc(CNCC2CCC(C)CC2)c(F)c1F.Cc1nc(N(C)C)c2ccccc2n1. The number of benzene rings is 2. The van der Waals surface area contributed by atoms with E-state index in [0.29, 0.717) is 23.6 Å². The highest BCUT2D eigenvalue weighted by Gasteiger charge is 2.18. The van der Waals surface area contributed by atoms with Crippen LogP contribution in [0.25, 0.3) is 10.9 Å². The molecule has 0 saturated heterocycles. The van der Waals surface area contributed by atoms with E-state index in [4.69, 9.17) is 0 Å². The average molecular weight is 455 g/mol. The molecule has 0 unspecified atom stereocenters. The molecule has 1 N–H and O–H groups in total. The van der Waals surface area contributed by atoms with E-state index in [1.807, 2.05) is 50.2 Å². The molecule has 2 aromatic carbocycles. The summed E-state index contributed by atoms with van der Waals surface area (Å²) in [6.45, 7) is 7.11. The first kappa shape index (κ1) is 25.0. The molecule has 0 amide bonds. The summed E-state index contributed by atoms with van der Waals surface area (Å²) in [6.07, 6.45) is 5.08. The zero-order chi connectivity index (χ0) is 24.0. The summed E-state index contributed by atoms with van der Waals surface area (Å²) in [5.41, 5.74) is 1.79. The van der Waals surface area contributed by atoms with Crippen molar-refractivity contribution in [2.45, 2.75) is 53.0 Å². The Bertz CT molecular complexity index is 1060. The van der Waals surface area contributed by atoms with Crippen LogP contribution in [0.4, 0.5) is 14.6 Å². The van der Waals surface area contributed by atoms with Gasteiger partial charge in [-0.25, -0.2) is 18.7 Å². The number of fused-ring (bicyclic) bond motifs is 1. The molecule has 1 heterocycles. The van der Waals surface area contributed by atoms with E-state index in [2.05, 4.69) is 22.2 Å². The number of nitrogens with one attached hydrogen (secondary N) is 1. The molecule has 4 nitrogen and oxygen atoms in total. The molecule has 178 valence electrons. The van der Waals surface area contributed by atoms with E-state index in [1.54, 1.807) is 19.1 Å². The Labute approximate surface area is 196 Å². The lowest BCUT2D eigenvalue weighted by molar-refractivity contribution is 0.281. The van der Waals surface area contributed by atoms with Gasteiger partial charge in [0.15, 0.2) is 11.6 Å². The second-order valence-electron chi connectivity index (χ2n) is 9.43. The van der Waals surface area contributed by atoms with Gasteiger partial charge in [-0.1, -0.05) is 44.0 Å². The Kier molecular flexibility index (Phi) is 8.73. The number of hydrogen-bond acceptors (Lipinski definition) is 4. The minimum Gasteiger partial charge on any atom is -0.362 e. The summed E-state index contributed by atoms with van der Waals surface area (Å²) in [7, 11) is 3.99. The predicted molar refractivity (Wildman–Crippen MR) is 133 cm³/mol. The van der Waals surface area contributed by atoms with Crippen molar-refractivity contribution < 1.29 is 8.78 Å². The predicted octanol–water partition coefficient (Wildman–Crippen LogP) is 6.19. The van der Waals surface area contributed by atoms with Gasteiger partial charge in [0, 0.05) is 31.6 Å². The number of aryl methyl sites for hydroxylation is 2. The first-order chi connectivity index (χ1) is 15.8. The highest BCUT2D eigenvalue weighted by atomic mass is 19.2. The minimum absolute atomic E-state index is 0.363. The Balaban J connectivity index is 0.000000194. The van der Waals surface area contributed by atoms with Gasteiger partial charge in [0.2, 0.25) is 0 Å². The summed E-state index contributed by atoms with van der Waals surface area (Å²) in [5, 5.41) is 4.37. The Morgan fingerprint density at radius 3 is 2.33 bits per heavy atom. The first-order valence-corrected chi connectivity index (χ1v) is 11.8. The molecular weight excluding hydrogens is 418 g/mol. The number of anilines is 1. The fraction of sp³-hybridized carbons (Fsp3) is 0.481. The molecule has 1 aliphatic rings. The van der Waals surface area contributed by atoms with Crippen LogP contribution in [-0.2, 0) is 6.54 Å². The van der Waals surface area contributed by atoms with Gasteiger partial charge >= 0.3 is 0 Å². The molecule has 1 aromatic heterocycles.